The van der Waals surface area contributed by atoms with Crippen LogP contribution in [-0.4, -0.2) is 59.1 Å². The summed E-state index contributed by atoms with van der Waals surface area (Å²) in [6.45, 7) is 1.69. The highest BCUT2D eigenvalue weighted by atomic mass is 16.5. The summed E-state index contributed by atoms with van der Waals surface area (Å²) in [5, 5.41) is 4.92. The maximum atomic E-state index is 5.54. The molecule has 1 aliphatic heterocycles. The monoisotopic (exact) mass is 356 g/mol. The Morgan fingerprint density at radius 1 is 1.12 bits per heavy atom. The first kappa shape index (κ1) is 17.5. The van der Waals surface area contributed by atoms with Gasteiger partial charge in [-0.25, -0.2) is 14.5 Å². The molecule has 6 nitrogen and oxygen atoms in total. The molecule has 2 N–H and O–H groups in total. The molecule has 1 saturated heterocycles. The topological polar surface area (TPSA) is 65.8 Å². The van der Waals surface area contributed by atoms with Crippen LogP contribution in [0.2, 0.25) is 0 Å². The summed E-state index contributed by atoms with van der Waals surface area (Å²) in [6, 6.07) is 0.498. The lowest BCUT2D eigenvalue weighted by Gasteiger charge is -2.27. The van der Waals surface area contributed by atoms with E-state index in [0.717, 1.165) is 37.5 Å². The Kier molecular flexibility index (Phi) is 5.20. The van der Waals surface area contributed by atoms with Crippen molar-refractivity contribution in [1.82, 2.24) is 15.0 Å². The van der Waals surface area contributed by atoms with Crippen LogP contribution in [0.4, 0.5) is 5.82 Å². The first-order chi connectivity index (χ1) is 12.7. The van der Waals surface area contributed by atoms with Gasteiger partial charge < -0.3 is 15.0 Å². The zero-order chi connectivity index (χ0) is 17.9. The van der Waals surface area contributed by atoms with E-state index in [-0.39, 0.29) is 0 Å². The van der Waals surface area contributed by atoms with Crippen LogP contribution in [0.1, 0.15) is 50.0 Å². The lowest BCUT2D eigenvalue weighted by Crippen LogP contribution is -2.28. The average Bonchev–Trinajstić information content (AvgIpc) is 3.09. The van der Waals surface area contributed by atoms with Gasteiger partial charge in [-0.2, -0.15) is 0 Å². The molecular weight excluding hydrogens is 326 g/mol. The fourth-order valence-electron chi connectivity index (χ4n) is 4.45. The Bertz CT molecular complexity index is 766. The molecule has 0 radical (unpaired) electrons. The maximum absolute atomic E-state index is 5.54. The fourth-order valence-corrected chi connectivity index (χ4v) is 4.45. The molecule has 0 bridgehead atoms. The minimum absolute atomic E-state index is 0.498. The standard InChI is InChI=1S/C20H30N5O/c1-25(2)12-14-3-5-16(6-4-14)24-20-18-17(15-7-9-26-10-8-15)11-21-19(18)22-13-23-20/h11-16H,3-10H2,1-2H3,(H2,21,22,23,24)/q+1. The van der Waals surface area contributed by atoms with Crippen LogP contribution >= 0.6 is 0 Å². The summed E-state index contributed by atoms with van der Waals surface area (Å²) in [6.07, 6.45) is 13.2. The molecule has 140 valence electrons. The lowest BCUT2D eigenvalue weighted by molar-refractivity contribution is -0.462. The van der Waals surface area contributed by atoms with Crippen LogP contribution in [-0.2, 0) is 4.74 Å². The minimum Gasteiger partial charge on any atom is -0.381 e. The van der Waals surface area contributed by atoms with E-state index < -0.39 is 0 Å². The average molecular weight is 356 g/mol. The zero-order valence-electron chi connectivity index (χ0n) is 15.9. The second-order valence-corrected chi connectivity index (χ2v) is 7.95. The number of nitrogens with zero attached hydrogens (tertiary/aromatic N) is 3. The molecule has 0 aromatic carbocycles. The summed E-state index contributed by atoms with van der Waals surface area (Å²) in [5.41, 5.74) is 2.29. The van der Waals surface area contributed by atoms with Crippen molar-refractivity contribution in [2.45, 2.75) is 50.5 Å². The molecule has 6 heteroatoms. The first-order valence-corrected chi connectivity index (χ1v) is 9.88. The van der Waals surface area contributed by atoms with E-state index in [2.05, 4.69) is 51.4 Å². The highest BCUT2D eigenvalue weighted by Gasteiger charge is 2.25. The van der Waals surface area contributed by atoms with Crippen molar-refractivity contribution < 1.29 is 9.31 Å². The Balaban J connectivity index is 1.52. The zero-order valence-corrected chi connectivity index (χ0v) is 15.9. The van der Waals surface area contributed by atoms with Gasteiger partial charge >= 0.3 is 0 Å². The molecule has 0 atom stereocenters. The largest absolute Gasteiger partial charge is 0.381 e. The van der Waals surface area contributed by atoms with E-state index in [1.54, 1.807) is 6.33 Å². The van der Waals surface area contributed by atoms with Gasteiger partial charge in [0.2, 0.25) is 0 Å². The van der Waals surface area contributed by atoms with Crippen molar-refractivity contribution >= 4 is 23.1 Å². The summed E-state index contributed by atoms with van der Waals surface area (Å²) >= 11 is 0. The molecule has 2 fully saturated rings. The normalized spacial score (nSPS) is 24.5. The number of aromatic nitrogens is 3. The van der Waals surface area contributed by atoms with Gasteiger partial charge in [0.15, 0.2) is 0 Å². The van der Waals surface area contributed by atoms with Gasteiger partial charge in [0.05, 0.1) is 5.39 Å². The van der Waals surface area contributed by atoms with Gasteiger partial charge in [0.25, 0.3) is 0 Å². The summed E-state index contributed by atoms with van der Waals surface area (Å²) in [4.78, 5) is 12.4. The van der Waals surface area contributed by atoms with Crippen molar-refractivity contribution in [3.8, 4) is 0 Å². The Labute approximate surface area is 155 Å². The lowest BCUT2D eigenvalue weighted by atomic mass is 9.86. The van der Waals surface area contributed by atoms with Gasteiger partial charge in [0, 0.05) is 31.4 Å². The predicted octanol–water partition coefficient (Wildman–Crippen LogP) is 3.17. The molecule has 0 unspecified atom stereocenters. The van der Waals surface area contributed by atoms with Crippen molar-refractivity contribution in [2.24, 2.45) is 5.92 Å². The van der Waals surface area contributed by atoms with Gasteiger partial charge in [-0.1, -0.05) is 0 Å². The Morgan fingerprint density at radius 3 is 2.62 bits per heavy atom. The predicted molar refractivity (Wildman–Crippen MR) is 104 cm³/mol. The molecule has 0 spiro atoms. The molecule has 4 rings (SSSR count). The number of fused-ring (bicyclic) bond motifs is 1. The minimum atomic E-state index is 0.498. The fraction of sp³-hybridized carbons (Fsp3) is 0.650. The number of hydrogen-bond donors (Lipinski definition) is 2. The van der Waals surface area contributed by atoms with Crippen LogP contribution in [0.5, 0.6) is 0 Å². The third-order valence-corrected chi connectivity index (χ3v) is 5.78. The van der Waals surface area contributed by atoms with E-state index in [4.69, 9.17) is 4.74 Å². The molecule has 26 heavy (non-hydrogen) atoms. The Morgan fingerprint density at radius 2 is 1.88 bits per heavy atom. The van der Waals surface area contributed by atoms with Crippen LogP contribution in [0.3, 0.4) is 0 Å². The SMILES string of the molecule is C[N+](C)=CC1CCC(Nc2ncnc3[nH]cc(C4CCOCC4)c23)CC1. The van der Waals surface area contributed by atoms with Crippen molar-refractivity contribution in [3.05, 3.63) is 18.1 Å². The number of nitrogens with one attached hydrogen (secondary N) is 2. The van der Waals surface area contributed by atoms with E-state index >= 15 is 0 Å². The van der Waals surface area contributed by atoms with Crippen molar-refractivity contribution in [2.75, 3.05) is 32.6 Å². The van der Waals surface area contributed by atoms with Crippen molar-refractivity contribution in [3.63, 3.8) is 0 Å². The van der Waals surface area contributed by atoms with Crippen LogP contribution in [0.25, 0.3) is 11.0 Å². The molecule has 1 saturated carbocycles. The van der Waals surface area contributed by atoms with E-state index in [9.17, 15) is 0 Å². The molecule has 2 aromatic rings. The third kappa shape index (κ3) is 3.75. The number of H-pyrrole nitrogens is 1. The number of ether oxygens (including phenoxy) is 1. The summed E-state index contributed by atoms with van der Waals surface area (Å²) < 4.78 is 7.72. The van der Waals surface area contributed by atoms with Gasteiger partial charge in [-0.15, -0.1) is 0 Å². The number of hydrogen-bond acceptors (Lipinski definition) is 4. The second-order valence-electron chi connectivity index (χ2n) is 7.95. The quantitative estimate of drug-likeness (QED) is 0.652. The summed E-state index contributed by atoms with van der Waals surface area (Å²) in [7, 11) is 4.23. The third-order valence-electron chi connectivity index (χ3n) is 5.78. The maximum Gasteiger partial charge on any atom is 0.143 e. The molecule has 2 aliphatic rings. The number of rotatable bonds is 4. The van der Waals surface area contributed by atoms with E-state index in [1.165, 1.54) is 36.6 Å². The smallest absolute Gasteiger partial charge is 0.143 e. The van der Waals surface area contributed by atoms with E-state index in [1.807, 2.05) is 0 Å². The Hall–Kier alpha value is -1.95. The molecule has 3 heterocycles. The van der Waals surface area contributed by atoms with Crippen LogP contribution < -0.4 is 5.32 Å². The molecule has 1 aliphatic carbocycles. The number of anilines is 1. The molecule has 0 amide bonds. The van der Waals surface area contributed by atoms with Crippen LogP contribution in [0, 0.1) is 5.92 Å². The van der Waals surface area contributed by atoms with Crippen molar-refractivity contribution in [1.29, 1.82) is 0 Å². The number of aromatic amines is 1. The second kappa shape index (κ2) is 7.74. The van der Waals surface area contributed by atoms with Gasteiger partial charge in [-0.3, -0.25) is 0 Å². The highest BCUT2D eigenvalue weighted by Crippen LogP contribution is 2.35. The first-order valence-electron chi connectivity index (χ1n) is 9.88. The summed E-state index contributed by atoms with van der Waals surface area (Å²) in [5.74, 6) is 2.24. The van der Waals surface area contributed by atoms with Crippen LogP contribution in [0.15, 0.2) is 12.5 Å². The highest BCUT2D eigenvalue weighted by molar-refractivity contribution is 5.91. The van der Waals surface area contributed by atoms with E-state index in [0.29, 0.717) is 17.9 Å². The molecule has 2 aromatic heterocycles. The van der Waals surface area contributed by atoms with Gasteiger partial charge in [-0.05, 0) is 50.0 Å². The van der Waals surface area contributed by atoms with Gasteiger partial charge in [0.1, 0.15) is 38.1 Å². The molecular formula is C20H30N5O+.